The number of nitrogens with zero attached hydrogens (tertiary/aromatic N) is 2. The molecule has 1 amide bonds. The Labute approximate surface area is 124 Å². The predicted molar refractivity (Wildman–Crippen MR) is 80.2 cm³/mol. The van der Waals surface area contributed by atoms with Crippen LogP contribution >= 0.6 is 0 Å². The maximum Gasteiger partial charge on any atom is 0.251 e. The fourth-order valence-electron chi connectivity index (χ4n) is 2.00. The van der Waals surface area contributed by atoms with Gasteiger partial charge in [-0.2, -0.15) is 0 Å². The Morgan fingerprint density at radius 3 is 2.90 bits per heavy atom. The van der Waals surface area contributed by atoms with E-state index in [0.29, 0.717) is 24.6 Å². The van der Waals surface area contributed by atoms with Gasteiger partial charge < -0.3 is 10.1 Å². The van der Waals surface area contributed by atoms with Crippen LogP contribution in [0.1, 0.15) is 35.3 Å². The van der Waals surface area contributed by atoms with Crippen molar-refractivity contribution in [2.45, 2.75) is 26.8 Å². The first kappa shape index (κ1) is 15.0. The summed E-state index contributed by atoms with van der Waals surface area (Å²) in [6, 6.07) is 5.43. The summed E-state index contributed by atoms with van der Waals surface area (Å²) >= 11 is 0. The van der Waals surface area contributed by atoms with E-state index in [1.807, 2.05) is 26.0 Å². The quantitative estimate of drug-likeness (QED) is 0.885. The Bertz CT molecular complexity index is 614. The van der Waals surface area contributed by atoms with Gasteiger partial charge in [-0.25, -0.2) is 4.98 Å². The molecule has 0 aromatic carbocycles. The minimum Gasteiger partial charge on any atom is -0.478 e. The molecule has 2 rings (SSSR count). The summed E-state index contributed by atoms with van der Waals surface area (Å²) in [4.78, 5) is 20.4. The van der Waals surface area contributed by atoms with Crippen LogP contribution in [0.5, 0.6) is 5.88 Å². The summed E-state index contributed by atoms with van der Waals surface area (Å²) in [6.07, 6.45) is 5.82. The molecule has 0 aliphatic rings. The van der Waals surface area contributed by atoms with E-state index in [4.69, 9.17) is 4.74 Å². The molecule has 0 atom stereocenters. The van der Waals surface area contributed by atoms with E-state index in [1.165, 1.54) is 0 Å². The minimum atomic E-state index is -0.0935. The monoisotopic (exact) mass is 285 g/mol. The van der Waals surface area contributed by atoms with E-state index in [-0.39, 0.29) is 5.91 Å². The third-order valence-corrected chi connectivity index (χ3v) is 3.07. The van der Waals surface area contributed by atoms with Gasteiger partial charge in [0.05, 0.1) is 6.61 Å². The van der Waals surface area contributed by atoms with Gasteiger partial charge in [-0.05, 0) is 36.6 Å². The fourth-order valence-corrected chi connectivity index (χ4v) is 2.00. The van der Waals surface area contributed by atoms with Crippen molar-refractivity contribution < 1.29 is 9.53 Å². The molecule has 0 fully saturated rings. The highest BCUT2D eigenvalue weighted by atomic mass is 16.5. The molecule has 0 aliphatic carbocycles. The van der Waals surface area contributed by atoms with E-state index < -0.39 is 0 Å². The second-order valence-corrected chi connectivity index (χ2v) is 4.50. The smallest absolute Gasteiger partial charge is 0.251 e. The van der Waals surface area contributed by atoms with Crippen LogP contribution in [0.25, 0.3) is 0 Å². The molecule has 1 N–H and O–H groups in total. The number of aryl methyl sites for hydroxylation is 1. The number of carbonyl (C=O) groups excluding carboxylic acids is 1. The third-order valence-electron chi connectivity index (χ3n) is 3.07. The lowest BCUT2D eigenvalue weighted by Crippen LogP contribution is -2.24. The lowest BCUT2D eigenvalue weighted by molar-refractivity contribution is 0.0950. The molecule has 0 spiro atoms. The van der Waals surface area contributed by atoms with Gasteiger partial charge in [0.25, 0.3) is 5.91 Å². The molecule has 0 saturated carbocycles. The SMILES string of the molecule is CCOc1cc(CNC(=O)c2ccncc2CC)ccn1. The van der Waals surface area contributed by atoms with Crippen LogP contribution in [0.15, 0.2) is 36.8 Å². The van der Waals surface area contributed by atoms with E-state index in [0.717, 1.165) is 17.5 Å². The largest absolute Gasteiger partial charge is 0.478 e. The lowest BCUT2D eigenvalue weighted by atomic mass is 10.1. The third kappa shape index (κ3) is 4.02. The Morgan fingerprint density at radius 1 is 1.29 bits per heavy atom. The van der Waals surface area contributed by atoms with Crippen LogP contribution in [-0.2, 0) is 13.0 Å². The summed E-state index contributed by atoms with van der Waals surface area (Å²) in [7, 11) is 0. The number of pyridine rings is 2. The summed E-state index contributed by atoms with van der Waals surface area (Å²) in [5, 5.41) is 2.91. The van der Waals surface area contributed by atoms with Crippen molar-refractivity contribution in [1.82, 2.24) is 15.3 Å². The number of aromatic nitrogens is 2. The molecule has 110 valence electrons. The molecule has 0 saturated heterocycles. The molecule has 2 aromatic heterocycles. The molecule has 5 heteroatoms. The van der Waals surface area contributed by atoms with E-state index in [1.54, 1.807) is 24.7 Å². The number of rotatable bonds is 6. The molecule has 0 bridgehead atoms. The standard InChI is InChI=1S/C16H19N3O2/c1-3-13-11-17-7-6-14(13)16(20)19-10-12-5-8-18-15(9-12)21-4-2/h5-9,11H,3-4,10H2,1-2H3,(H,19,20). The Hall–Kier alpha value is -2.43. The van der Waals surface area contributed by atoms with Gasteiger partial charge in [-0.1, -0.05) is 6.92 Å². The highest BCUT2D eigenvalue weighted by molar-refractivity contribution is 5.95. The highest BCUT2D eigenvalue weighted by Gasteiger charge is 2.10. The summed E-state index contributed by atoms with van der Waals surface area (Å²) in [6.45, 7) is 4.92. The van der Waals surface area contributed by atoms with Crippen LogP contribution in [0.3, 0.4) is 0 Å². The number of amides is 1. The Kier molecular flexibility index (Phi) is 5.26. The van der Waals surface area contributed by atoms with Crippen molar-refractivity contribution in [3.8, 4) is 5.88 Å². The van der Waals surface area contributed by atoms with Gasteiger partial charge in [-0.3, -0.25) is 9.78 Å². The summed E-state index contributed by atoms with van der Waals surface area (Å²) < 4.78 is 5.34. The fraction of sp³-hybridized carbons (Fsp3) is 0.312. The molecule has 5 nitrogen and oxygen atoms in total. The lowest BCUT2D eigenvalue weighted by Gasteiger charge is -2.09. The van der Waals surface area contributed by atoms with Gasteiger partial charge in [0.1, 0.15) is 0 Å². The predicted octanol–water partition coefficient (Wildman–Crippen LogP) is 2.37. The molecular weight excluding hydrogens is 266 g/mol. The average molecular weight is 285 g/mol. The Balaban J connectivity index is 2.02. The van der Waals surface area contributed by atoms with Gasteiger partial charge >= 0.3 is 0 Å². The first-order valence-corrected chi connectivity index (χ1v) is 7.03. The molecule has 21 heavy (non-hydrogen) atoms. The maximum atomic E-state index is 12.2. The van der Waals surface area contributed by atoms with Crippen molar-refractivity contribution in [2.24, 2.45) is 0 Å². The van der Waals surface area contributed by atoms with Gasteiger partial charge in [0.2, 0.25) is 5.88 Å². The molecule has 2 heterocycles. The van der Waals surface area contributed by atoms with E-state index in [2.05, 4.69) is 15.3 Å². The molecule has 0 radical (unpaired) electrons. The van der Waals surface area contributed by atoms with Crippen molar-refractivity contribution in [2.75, 3.05) is 6.61 Å². The van der Waals surface area contributed by atoms with Crippen LogP contribution < -0.4 is 10.1 Å². The van der Waals surface area contributed by atoms with E-state index >= 15 is 0 Å². The highest BCUT2D eigenvalue weighted by Crippen LogP contribution is 2.11. The zero-order valence-electron chi connectivity index (χ0n) is 12.3. The van der Waals surface area contributed by atoms with Gasteiger partial charge in [0, 0.05) is 36.8 Å². The second kappa shape index (κ2) is 7.38. The van der Waals surface area contributed by atoms with E-state index in [9.17, 15) is 4.79 Å². The average Bonchev–Trinajstić information content (AvgIpc) is 2.53. The number of hydrogen-bond acceptors (Lipinski definition) is 4. The number of carbonyl (C=O) groups is 1. The number of ether oxygens (including phenoxy) is 1. The Morgan fingerprint density at radius 2 is 2.14 bits per heavy atom. The summed E-state index contributed by atoms with van der Waals surface area (Å²) in [5.74, 6) is 0.478. The van der Waals surface area contributed by atoms with Crippen molar-refractivity contribution in [3.05, 3.63) is 53.5 Å². The minimum absolute atomic E-state index is 0.0935. The zero-order chi connectivity index (χ0) is 15.1. The zero-order valence-corrected chi connectivity index (χ0v) is 12.3. The number of nitrogens with one attached hydrogen (secondary N) is 1. The van der Waals surface area contributed by atoms with Crippen LogP contribution in [0.4, 0.5) is 0 Å². The topological polar surface area (TPSA) is 64.1 Å². The second-order valence-electron chi connectivity index (χ2n) is 4.50. The first-order valence-electron chi connectivity index (χ1n) is 7.03. The van der Waals surface area contributed by atoms with Crippen molar-refractivity contribution in [1.29, 1.82) is 0 Å². The van der Waals surface area contributed by atoms with Crippen LogP contribution in [0.2, 0.25) is 0 Å². The first-order chi connectivity index (χ1) is 10.2. The van der Waals surface area contributed by atoms with Crippen LogP contribution in [0, 0.1) is 0 Å². The normalized spacial score (nSPS) is 10.2. The number of hydrogen-bond donors (Lipinski definition) is 1. The maximum absolute atomic E-state index is 12.2. The molecule has 0 unspecified atom stereocenters. The molecule has 2 aromatic rings. The van der Waals surface area contributed by atoms with Crippen LogP contribution in [-0.4, -0.2) is 22.5 Å². The van der Waals surface area contributed by atoms with Gasteiger partial charge in [-0.15, -0.1) is 0 Å². The molecule has 0 aliphatic heterocycles. The van der Waals surface area contributed by atoms with Gasteiger partial charge in [0.15, 0.2) is 0 Å². The van der Waals surface area contributed by atoms with Crippen molar-refractivity contribution in [3.63, 3.8) is 0 Å². The van der Waals surface area contributed by atoms with Crippen molar-refractivity contribution >= 4 is 5.91 Å². The molecular formula is C16H19N3O2. The summed E-state index contributed by atoms with van der Waals surface area (Å²) in [5.41, 5.74) is 2.57.